The molecule has 0 unspecified atom stereocenters. The molecular weight excluding hydrogens is 232 g/mol. The molecule has 2 heteroatoms. The van der Waals surface area contributed by atoms with E-state index in [9.17, 15) is 0 Å². The van der Waals surface area contributed by atoms with E-state index in [2.05, 4.69) is 48.4 Å². The first-order valence-electron chi connectivity index (χ1n) is 7.24. The van der Waals surface area contributed by atoms with Crippen molar-refractivity contribution < 1.29 is 0 Å². The van der Waals surface area contributed by atoms with Crippen molar-refractivity contribution in [1.82, 2.24) is 10.3 Å². The van der Waals surface area contributed by atoms with Crippen molar-refractivity contribution >= 4 is 10.9 Å². The van der Waals surface area contributed by atoms with Crippen LogP contribution >= 0.6 is 0 Å². The number of para-hydroxylation sites is 1. The topological polar surface area (TPSA) is 24.9 Å². The van der Waals surface area contributed by atoms with Crippen LogP contribution in [0, 0.1) is 0 Å². The Bertz CT molecular complexity index is 570. The second-order valence-corrected chi connectivity index (χ2v) is 6.28. The maximum atomic E-state index is 4.58. The van der Waals surface area contributed by atoms with Gasteiger partial charge in [0.1, 0.15) is 0 Å². The fourth-order valence-electron chi connectivity index (χ4n) is 2.46. The number of fused-ring (bicyclic) bond motifs is 1. The summed E-state index contributed by atoms with van der Waals surface area (Å²) < 4.78 is 0. The highest BCUT2D eigenvalue weighted by Crippen LogP contribution is 2.29. The Kier molecular flexibility index (Phi) is 3.28. The molecule has 2 aromatic rings. The molecule has 2 nitrogen and oxygen atoms in total. The molecule has 1 aliphatic rings. The Morgan fingerprint density at radius 1 is 1.26 bits per heavy atom. The molecule has 0 spiro atoms. The highest BCUT2D eigenvalue weighted by Gasteiger charge is 2.24. The summed E-state index contributed by atoms with van der Waals surface area (Å²) in [4.78, 5) is 4.58. The first-order valence-corrected chi connectivity index (χ1v) is 7.24. The second kappa shape index (κ2) is 4.93. The maximum Gasteiger partial charge on any atom is 0.0702 e. The Balaban J connectivity index is 1.76. The first-order chi connectivity index (χ1) is 9.15. The van der Waals surface area contributed by atoms with Crippen molar-refractivity contribution in [1.29, 1.82) is 0 Å². The average Bonchev–Trinajstić information content (AvgIpc) is 3.22. The van der Waals surface area contributed by atoms with Crippen molar-refractivity contribution in [3.05, 3.63) is 42.1 Å². The van der Waals surface area contributed by atoms with Crippen LogP contribution in [-0.4, -0.2) is 17.6 Å². The van der Waals surface area contributed by atoms with E-state index < -0.39 is 0 Å². The molecule has 0 radical (unpaired) electrons. The van der Waals surface area contributed by atoms with Gasteiger partial charge in [0, 0.05) is 17.6 Å². The van der Waals surface area contributed by atoms with Crippen LogP contribution in [0.2, 0.25) is 0 Å². The number of hydrogen-bond donors (Lipinski definition) is 1. The van der Waals surface area contributed by atoms with E-state index >= 15 is 0 Å². The van der Waals surface area contributed by atoms with Gasteiger partial charge in [-0.15, -0.1) is 0 Å². The molecule has 0 bridgehead atoms. The van der Waals surface area contributed by atoms with E-state index in [-0.39, 0.29) is 5.41 Å². The number of nitrogens with one attached hydrogen (secondary N) is 1. The van der Waals surface area contributed by atoms with Gasteiger partial charge in [0.25, 0.3) is 0 Å². The molecular formula is C17H22N2. The standard InChI is InChI=1S/C17H22N2/c1-17(2,9-10-18-15-7-8-15)14-11-13-5-3-4-6-16(13)19-12-14/h3-6,11-12,15,18H,7-10H2,1-2H3. The van der Waals surface area contributed by atoms with Crippen LogP contribution in [0.25, 0.3) is 10.9 Å². The largest absolute Gasteiger partial charge is 0.314 e. The first kappa shape index (κ1) is 12.6. The smallest absolute Gasteiger partial charge is 0.0702 e. The summed E-state index contributed by atoms with van der Waals surface area (Å²) in [5, 5.41) is 4.84. The number of hydrogen-bond acceptors (Lipinski definition) is 2. The lowest BCUT2D eigenvalue weighted by molar-refractivity contribution is 0.455. The number of benzene rings is 1. The molecule has 0 aliphatic heterocycles. The van der Waals surface area contributed by atoms with Gasteiger partial charge in [-0.2, -0.15) is 0 Å². The summed E-state index contributed by atoms with van der Waals surface area (Å²) in [6, 6.07) is 11.4. The zero-order valence-corrected chi connectivity index (χ0v) is 11.8. The van der Waals surface area contributed by atoms with Crippen LogP contribution in [0.1, 0.15) is 38.7 Å². The van der Waals surface area contributed by atoms with E-state index in [1.807, 2.05) is 12.3 Å². The molecule has 100 valence electrons. The van der Waals surface area contributed by atoms with Gasteiger partial charge in [0.15, 0.2) is 0 Å². The normalized spacial score (nSPS) is 15.9. The number of aromatic nitrogens is 1. The zero-order chi connectivity index (χ0) is 13.3. The van der Waals surface area contributed by atoms with Crippen LogP contribution in [0.4, 0.5) is 0 Å². The predicted molar refractivity (Wildman–Crippen MR) is 80.4 cm³/mol. The van der Waals surface area contributed by atoms with Gasteiger partial charge < -0.3 is 5.32 Å². The van der Waals surface area contributed by atoms with Crippen LogP contribution in [0.15, 0.2) is 36.5 Å². The minimum absolute atomic E-state index is 0.179. The molecule has 0 atom stereocenters. The fourth-order valence-corrected chi connectivity index (χ4v) is 2.46. The molecule has 1 N–H and O–H groups in total. The van der Waals surface area contributed by atoms with Crippen LogP contribution < -0.4 is 5.32 Å². The zero-order valence-electron chi connectivity index (χ0n) is 11.8. The fraction of sp³-hybridized carbons (Fsp3) is 0.471. The van der Waals surface area contributed by atoms with Gasteiger partial charge in [-0.1, -0.05) is 32.0 Å². The Morgan fingerprint density at radius 3 is 2.84 bits per heavy atom. The summed E-state index contributed by atoms with van der Waals surface area (Å²) in [6.07, 6.45) is 5.92. The third-order valence-electron chi connectivity index (χ3n) is 4.13. The molecule has 0 saturated heterocycles. The maximum absolute atomic E-state index is 4.58. The van der Waals surface area contributed by atoms with Gasteiger partial charge in [0.05, 0.1) is 5.52 Å². The second-order valence-electron chi connectivity index (χ2n) is 6.28. The number of rotatable bonds is 5. The highest BCUT2D eigenvalue weighted by atomic mass is 14.9. The van der Waals surface area contributed by atoms with Crippen molar-refractivity contribution in [2.24, 2.45) is 0 Å². The monoisotopic (exact) mass is 254 g/mol. The molecule has 1 aliphatic carbocycles. The van der Waals surface area contributed by atoms with E-state index in [1.165, 1.54) is 23.8 Å². The van der Waals surface area contributed by atoms with Crippen molar-refractivity contribution in [3.63, 3.8) is 0 Å². The minimum Gasteiger partial charge on any atom is -0.314 e. The van der Waals surface area contributed by atoms with E-state index in [0.29, 0.717) is 0 Å². The molecule has 1 aromatic heterocycles. The summed E-state index contributed by atoms with van der Waals surface area (Å²) in [6.45, 7) is 5.73. The lowest BCUT2D eigenvalue weighted by atomic mass is 9.82. The van der Waals surface area contributed by atoms with E-state index in [0.717, 1.165) is 24.5 Å². The van der Waals surface area contributed by atoms with Crippen molar-refractivity contribution in [2.75, 3.05) is 6.54 Å². The van der Waals surface area contributed by atoms with Gasteiger partial charge in [-0.25, -0.2) is 0 Å². The van der Waals surface area contributed by atoms with Crippen LogP contribution in [0.5, 0.6) is 0 Å². The lowest BCUT2D eigenvalue weighted by Crippen LogP contribution is -2.26. The summed E-state index contributed by atoms with van der Waals surface area (Å²) in [5.74, 6) is 0. The summed E-state index contributed by atoms with van der Waals surface area (Å²) in [7, 11) is 0. The van der Waals surface area contributed by atoms with Crippen LogP contribution in [0.3, 0.4) is 0 Å². The van der Waals surface area contributed by atoms with Gasteiger partial charge in [0.2, 0.25) is 0 Å². The van der Waals surface area contributed by atoms with Crippen molar-refractivity contribution in [2.45, 2.75) is 44.6 Å². The molecule has 1 heterocycles. The molecule has 19 heavy (non-hydrogen) atoms. The quantitative estimate of drug-likeness (QED) is 0.881. The van der Waals surface area contributed by atoms with Crippen molar-refractivity contribution in [3.8, 4) is 0 Å². The highest BCUT2D eigenvalue weighted by molar-refractivity contribution is 5.78. The van der Waals surface area contributed by atoms with E-state index in [4.69, 9.17) is 0 Å². The molecule has 3 rings (SSSR count). The van der Waals surface area contributed by atoms with Gasteiger partial charge in [-0.05, 0) is 48.9 Å². The Labute approximate surface area is 115 Å². The van der Waals surface area contributed by atoms with Gasteiger partial charge >= 0.3 is 0 Å². The number of pyridine rings is 1. The molecule has 0 amide bonds. The third-order valence-corrected chi connectivity index (χ3v) is 4.13. The number of nitrogens with zero attached hydrogens (tertiary/aromatic N) is 1. The Hall–Kier alpha value is -1.41. The molecule has 1 aromatic carbocycles. The molecule has 1 fully saturated rings. The minimum atomic E-state index is 0.179. The summed E-state index contributed by atoms with van der Waals surface area (Å²) >= 11 is 0. The predicted octanol–water partition coefficient (Wildman–Crippen LogP) is 3.65. The SMILES string of the molecule is CC(C)(CCNC1CC1)c1cnc2ccccc2c1. The van der Waals surface area contributed by atoms with Crippen LogP contribution in [-0.2, 0) is 5.41 Å². The van der Waals surface area contributed by atoms with Gasteiger partial charge in [-0.3, -0.25) is 4.98 Å². The summed E-state index contributed by atoms with van der Waals surface area (Å²) in [5.41, 5.74) is 2.60. The lowest BCUT2D eigenvalue weighted by Gasteiger charge is -2.25. The molecule has 1 saturated carbocycles. The van der Waals surface area contributed by atoms with E-state index in [1.54, 1.807) is 0 Å². The average molecular weight is 254 g/mol. The third kappa shape index (κ3) is 2.95. The Morgan fingerprint density at radius 2 is 2.05 bits per heavy atom.